The molecule has 1 aliphatic heterocycles. The molecule has 4 rings (SSSR count). The van der Waals surface area contributed by atoms with Crippen LogP contribution < -0.4 is 5.32 Å². The van der Waals surface area contributed by atoms with E-state index >= 15 is 0 Å². The van der Waals surface area contributed by atoms with Gasteiger partial charge in [-0.3, -0.25) is 24.0 Å². The molecule has 0 radical (unpaired) electrons. The predicted octanol–water partition coefficient (Wildman–Crippen LogP) is 1.42. The zero-order valence-electron chi connectivity index (χ0n) is 15.8. The van der Waals surface area contributed by atoms with E-state index in [0.29, 0.717) is 6.42 Å². The molecular formula is C21H17NO8. The van der Waals surface area contributed by atoms with Crippen molar-refractivity contribution < 1.29 is 37.9 Å². The number of fused-ring (bicyclic) bond motifs is 2. The fourth-order valence-corrected chi connectivity index (χ4v) is 3.42. The molecule has 2 heterocycles. The second kappa shape index (κ2) is 8.03. The Bertz CT molecular complexity index is 1010. The minimum Gasteiger partial charge on any atom is -0.449 e. The number of hydrogen-bond acceptors (Lipinski definition) is 9. The number of ether oxygens (including phenoxy) is 2. The summed E-state index contributed by atoms with van der Waals surface area (Å²) >= 11 is 0. The van der Waals surface area contributed by atoms with E-state index in [1.807, 2.05) is 0 Å². The van der Waals surface area contributed by atoms with Gasteiger partial charge in [-0.25, -0.2) is 0 Å². The molecule has 1 saturated heterocycles. The molecule has 1 atom stereocenters. The van der Waals surface area contributed by atoms with Crippen LogP contribution in [0.25, 0.3) is 0 Å². The summed E-state index contributed by atoms with van der Waals surface area (Å²) in [6, 6.07) is 7.02. The molecule has 1 aromatic heterocycles. The highest BCUT2D eigenvalue weighted by molar-refractivity contribution is 6.28. The fourth-order valence-electron chi connectivity index (χ4n) is 3.42. The Balaban J connectivity index is 1.36. The first kappa shape index (κ1) is 19.7. The van der Waals surface area contributed by atoms with Gasteiger partial charge in [0.1, 0.15) is 12.5 Å². The lowest BCUT2D eigenvalue weighted by Gasteiger charge is -2.11. The number of rotatable bonds is 6. The molecule has 0 saturated carbocycles. The quantitative estimate of drug-likeness (QED) is 0.277. The van der Waals surface area contributed by atoms with Crippen LogP contribution in [0.1, 0.15) is 61.9 Å². The number of esters is 2. The summed E-state index contributed by atoms with van der Waals surface area (Å²) in [7, 11) is 0. The van der Waals surface area contributed by atoms with Gasteiger partial charge in [-0.15, -0.1) is 0 Å². The minimum absolute atomic E-state index is 0.0200. The molecule has 154 valence electrons. The van der Waals surface area contributed by atoms with Gasteiger partial charge in [0.15, 0.2) is 17.3 Å². The van der Waals surface area contributed by atoms with Crippen molar-refractivity contribution in [2.45, 2.75) is 25.3 Å². The lowest BCUT2D eigenvalue weighted by Crippen LogP contribution is -2.33. The van der Waals surface area contributed by atoms with E-state index in [-0.39, 0.29) is 28.2 Å². The standard InChI is InChI=1S/C21H17NO8/c23-15(9-17(24)28-10-29-21(27)14-6-3-7-22-14)16-8-13-18(25)11-4-1-2-5-12(11)19(26)20(13)30-16/h1-2,4-5,8,14,22H,3,6-7,9-10H2/t14-/m0/s1. The van der Waals surface area contributed by atoms with Gasteiger partial charge in [0.2, 0.25) is 18.4 Å². The van der Waals surface area contributed by atoms with Gasteiger partial charge < -0.3 is 19.2 Å². The van der Waals surface area contributed by atoms with E-state index in [1.54, 1.807) is 12.1 Å². The summed E-state index contributed by atoms with van der Waals surface area (Å²) in [6.07, 6.45) is 0.813. The average molecular weight is 411 g/mol. The molecule has 9 heteroatoms. The Kier molecular flexibility index (Phi) is 5.28. The first-order chi connectivity index (χ1) is 14.5. The Morgan fingerprint density at radius 1 is 1.03 bits per heavy atom. The molecule has 0 amide bonds. The Morgan fingerprint density at radius 2 is 1.77 bits per heavy atom. The van der Waals surface area contributed by atoms with Crippen LogP contribution in [0.4, 0.5) is 0 Å². The van der Waals surface area contributed by atoms with E-state index in [0.717, 1.165) is 19.0 Å². The molecule has 0 spiro atoms. The van der Waals surface area contributed by atoms with Gasteiger partial charge in [-0.1, -0.05) is 24.3 Å². The van der Waals surface area contributed by atoms with Crippen molar-refractivity contribution in [3.63, 3.8) is 0 Å². The summed E-state index contributed by atoms with van der Waals surface area (Å²) in [5.74, 6) is -3.67. The molecular weight excluding hydrogens is 394 g/mol. The number of carbonyl (C=O) groups is 5. The Labute approximate surface area is 170 Å². The first-order valence-corrected chi connectivity index (χ1v) is 9.37. The van der Waals surface area contributed by atoms with Crippen molar-refractivity contribution in [2.75, 3.05) is 13.3 Å². The highest BCUT2D eigenvalue weighted by Crippen LogP contribution is 2.30. The molecule has 0 unspecified atom stereocenters. The van der Waals surface area contributed by atoms with Gasteiger partial charge in [0.25, 0.3) is 0 Å². The van der Waals surface area contributed by atoms with Gasteiger partial charge in [-0.05, 0) is 25.5 Å². The minimum atomic E-state index is -0.928. The molecule has 9 nitrogen and oxygen atoms in total. The monoisotopic (exact) mass is 411 g/mol. The summed E-state index contributed by atoms with van der Waals surface area (Å²) in [5, 5.41) is 2.95. The SMILES string of the molecule is O=C(CC(=O)c1cc2c(o1)C(=O)c1ccccc1C2=O)OCOC(=O)[C@@H]1CCCN1. The summed E-state index contributed by atoms with van der Waals surface area (Å²) < 4.78 is 14.9. The summed E-state index contributed by atoms with van der Waals surface area (Å²) in [5.41, 5.74) is 0.405. The van der Waals surface area contributed by atoms with Crippen LogP contribution in [0.5, 0.6) is 0 Å². The maximum atomic E-state index is 12.6. The van der Waals surface area contributed by atoms with E-state index in [9.17, 15) is 24.0 Å². The van der Waals surface area contributed by atoms with E-state index in [1.165, 1.54) is 12.1 Å². The van der Waals surface area contributed by atoms with Gasteiger partial charge in [-0.2, -0.15) is 0 Å². The number of carbonyl (C=O) groups excluding carboxylic acids is 5. The van der Waals surface area contributed by atoms with Crippen molar-refractivity contribution in [3.05, 3.63) is 58.5 Å². The lowest BCUT2D eigenvalue weighted by atomic mass is 9.88. The number of benzene rings is 1. The number of ketones is 3. The first-order valence-electron chi connectivity index (χ1n) is 9.37. The van der Waals surface area contributed by atoms with Crippen molar-refractivity contribution in [1.82, 2.24) is 5.32 Å². The smallest absolute Gasteiger partial charge is 0.326 e. The van der Waals surface area contributed by atoms with Gasteiger partial charge >= 0.3 is 11.9 Å². The van der Waals surface area contributed by atoms with Crippen LogP contribution in [-0.2, 0) is 19.1 Å². The molecule has 1 aromatic carbocycles. The van der Waals surface area contributed by atoms with Crippen LogP contribution in [0, 0.1) is 0 Å². The largest absolute Gasteiger partial charge is 0.449 e. The second-order valence-corrected chi connectivity index (χ2v) is 6.90. The topological polar surface area (TPSA) is 129 Å². The highest BCUT2D eigenvalue weighted by Gasteiger charge is 2.34. The Hall–Kier alpha value is -3.59. The van der Waals surface area contributed by atoms with E-state index < -0.39 is 48.5 Å². The fraction of sp³-hybridized carbons (Fsp3) is 0.286. The van der Waals surface area contributed by atoms with Crippen LogP contribution in [-0.4, -0.2) is 48.7 Å². The molecule has 2 aliphatic rings. The Morgan fingerprint density at radius 3 is 2.47 bits per heavy atom. The number of hydrogen-bond donors (Lipinski definition) is 1. The second-order valence-electron chi connectivity index (χ2n) is 6.90. The number of furan rings is 1. The van der Waals surface area contributed by atoms with E-state index in [4.69, 9.17) is 13.9 Å². The van der Waals surface area contributed by atoms with Crippen LogP contribution in [0.2, 0.25) is 0 Å². The van der Waals surface area contributed by atoms with Crippen LogP contribution in [0.3, 0.4) is 0 Å². The van der Waals surface area contributed by atoms with Crippen molar-refractivity contribution in [3.8, 4) is 0 Å². The zero-order chi connectivity index (χ0) is 21.3. The zero-order valence-corrected chi connectivity index (χ0v) is 15.8. The van der Waals surface area contributed by atoms with Gasteiger partial charge in [0, 0.05) is 11.1 Å². The lowest BCUT2D eigenvalue weighted by molar-refractivity contribution is -0.167. The van der Waals surface area contributed by atoms with Crippen LogP contribution >= 0.6 is 0 Å². The maximum Gasteiger partial charge on any atom is 0.326 e. The molecule has 1 N–H and O–H groups in total. The molecule has 1 fully saturated rings. The summed E-state index contributed by atoms with van der Waals surface area (Å²) in [6.45, 7) is 0.112. The normalized spacial score (nSPS) is 17.3. The van der Waals surface area contributed by atoms with Crippen molar-refractivity contribution in [2.24, 2.45) is 0 Å². The van der Waals surface area contributed by atoms with Crippen LogP contribution in [0.15, 0.2) is 34.7 Å². The predicted molar refractivity (Wildman–Crippen MR) is 99.0 cm³/mol. The molecule has 0 bridgehead atoms. The number of nitrogens with one attached hydrogen (secondary N) is 1. The third kappa shape index (κ3) is 3.67. The molecule has 1 aliphatic carbocycles. The van der Waals surface area contributed by atoms with E-state index in [2.05, 4.69) is 5.32 Å². The van der Waals surface area contributed by atoms with Crippen molar-refractivity contribution in [1.29, 1.82) is 0 Å². The van der Waals surface area contributed by atoms with Crippen molar-refractivity contribution >= 4 is 29.3 Å². The average Bonchev–Trinajstić information content (AvgIpc) is 3.42. The number of Topliss-reactive ketones (excluding diaryl/α,β-unsaturated/α-hetero) is 1. The summed E-state index contributed by atoms with van der Waals surface area (Å²) in [4.78, 5) is 61.0. The molecule has 30 heavy (non-hydrogen) atoms. The molecule has 2 aromatic rings. The van der Waals surface area contributed by atoms with Gasteiger partial charge in [0.05, 0.1) is 5.56 Å². The maximum absolute atomic E-state index is 12.6. The highest BCUT2D eigenvalue weighted by atomic mass is 16.7. The third-order valence-corrected chi connectivity index (χ3v) is 4.94. The third-order valence-electron chi connectivity index (χ3n) is 4.94.